The van der Waals surface area contributed by atoms with Gasteiger partial charge in [-0.15, -0.1) is 0 Å². The number of hydrogen-bond donors (Lipinski definition) is 0. The van der Waals surface area contributed by atoms with Gasteiger partial charge in [0.25, 0.3) is 0 Å². The Kier molecular flexibility index (Phi) is 6.93. The highest BCUT2D eigenvalue weighted by atomic mass is 15.1. The van der Waals surface area contributed by atoms with Crippen LogP contribution in [-0.2, 0) is 13.0 Å². The van der Waals surface area contributed by atoms with Gasteiger partial charge in [-0.3, -0.25) is 4.98 Å². The molecule has 3 heterocycles. The summed E-state index contributed by atoms with van der Waals surface area (Å²) >= 11 is 0. The second-order valence-corrected chi connectivity index (χ2v) is 8.98. The fourth-order valence-electron chi connectivity index (χ4n) is 4.76. The van der Waals surface area contributed by atoms with E-state index >= 15 is 0 Å². The molecule has 4 aromatic rings. The highest BCUT2D eigenvalue weighted by Gasteiger charge is 2.13. The molecule has 0 aliphatic carbocycles. The SMILES string of the molecule is c1ccc(Cc2cn(CCCN3CCCCC3)c(-c3ccc(-c4ccncc4)cc3)n2)cc1. The molecule has 0 radical (unpaired) electrons. The van der Waals surface area contributed by atoms with Gasteiger partial charge < -0.3 is 9.47 Å². The van der Waals surface area contributed by atoms with E-state index in [9.17, 15) is 0 Å². The summed E-state index contributed by atoms with van der Waals surface area (Å²) in [5, 5.41) is 0. The van der Waals surface area contributed by atoms with Gasteiger partial charge in [0.2, 0.25) is 0 Å². The number of aromatic nitrogens is 3. The third-order valence-corrected chi connectivity index (χ3v) is 6.53. The molecule has 33 heavy (non-hydrogen) atoms. The predicted octanol–water partition coefficient (Wildman–Crippen LogP) is 6.08. The van der Waals surface area contributed by atoms with Gasteiger partial charge in [0.15, 0.2) is 0 Å². The van der Waals surface area contributed by atoms with Crippen LogP contribution in [0.3, 0.4) is 0 Å². The molecule has 0 bridgehead atoms. The summed E-state index contributed by atoms with van der Waals surface area (Å²) in [5.41, 5.74) is 5.99. The van der Waals surface area contributed by atoms with E-state index in [1.165, 1.54) is 61.2 Å². The maximum absolute atomic E-state index is 5.08. The number of piperidine rings is 1. The zero-order chi connectivity index (χ0) is 22.3. The number of rotatable bonds is 8. The molecule has 0 N–H and O–H groups in total. The van der Waals surface area contributed by atoms with Gasteiger partial charge in [0.05, 0.1) is 5.69 Å². The Morgan fingerprint density at radius 3 is 2.15 bits per heavy atom. The van der Waals surface area contributed by atoms with Gasteiger partial charge in [-0.25, -0.2) is 4.98 Å². The van der Waals surface area contributed by atoms with Crippen LogP contribution in [0.25, 0.3) is 22.5 Å². The maximum Gasteiger partial charge on any atom is 0.140 e. The lowest BCUT2D eigenvalue weighted by atomic mass is 10.0. The quantitative estimate of drug-likeness (QED) is 0.336. The fourth-order valence-corrected chi connectivity index (χ4v) is 4.76. The van der Waals surface area contributed by atoms with Gasteiger partial charge in [0, 0.05) is 37.1 Å². The lowest BCUT2D eigenvalue weighted by Gasteiger charge is -2.26. The monoisotopic (exact) mass is 436 g/mol. The largest absolute Gasteiger partial charge is 0.331 e. The number of benzene rings is 2. The first-order valence-corrected chi connectivity index (χ1v) is 12.2. The Bertz CT molecular complexity index is 1130. The molecular formula is C29H32N4. The molecular weight excluding hydrogens is 404 g/mol. The third-order valence-electron chi connectivity index (χ3n) is 6.53. The van der Waals surface area contributed by atoms with Gasteiger partial charge in [-0.05, 0) is 67.7 Å². The van der Waals surface area contributed by atoms with E-state index in [4.69, 9.17) is 4.98 Å². The summed E-state index contributed by atoms with van der Waals surface area (Å²) in [6.07, 6.45) is 12.0. The number of pyridine rings is 1. The molecule has 0 unspecified atom stereocenters. The van der Waals surface area contributed by atoms with Crippen molar-refractivity contribution < 1.29 is 0 Å². The molecule has 1 aliphatic rings. The second kappa shape index (κ2) is 10.6. The van der Waals surface area contributed by atoms with E-state index in [0.29, 0.717) is 0 Å². The van der Waals surface area contributed by atoms with Crippen LogP contribution in [-0.4, -0.2) is 39.1 Å². The molecule has 0 atom stereocenters. The summed E-state index contributed by atoms with van der Waals surface area (Å²) in [5.74, 6) is 1.07. The van der Waals surface area contributed by atoms with Crippen molar-refractivity contribution in [3.05, 3.63) is 96.6 Å². The van der Waals surface area contributed by atoms with Crippen molar-refractivity contribution in [1.29, 1.82) is 0 Å². The highest BCUT2D eigenvalue weighted by molar-refractivity contribution is 5.67. The Morgan fingerprint density at radius 2 is 1.39 bits per heavy atom. The molecule has 4 heteroatoms. The Hall–Kier alpha value is -3.24. The van der Waals surface area contributed by atoms with E-state index in [-0.39, 0.29) is 0 Å². The van der Waals surface area contributed by atoms with Gasteiger partial charge in [-0.1, -0.05) is 61.0 Å². The van der Waals surface area contributed by atoms with Crippen molar-refractivity contribution in [1.82, 2.24) is 19.4 Å². The van der Waals surface area contributed by atoms with Crippen LogP contribution < -0.4 is 0 Å². The first kappa shape index (κ1) is 21.6. The summed E-state index contributed by atoms with van der Waals surface area (Å²) in [7, 11) is 0. The van der Waals surface area contributed by atoms with Crippen LogP contribution in [0.4, 0.5) is 0 Å². The lowest BCUT2D eigenvalue weighted by molar-refractivity contribution is 0.223. The first-order valence-electron chi connectivity index (χ1n) is 12.2. The fraction of sp³-hybridized carbons (Fsp3) is 0.310. The van der Waals surface area contributed by atoms with Gasteiger partial charge in [0.1, 0.15) is 5.82 Å². The minimum atomic E-state index is 0.863. The predicted molar refractivity (Wildman–Crippen MR) is 135 cm³/mol. The van der Waals surface area contributed by atoms with E-state index in [0.717, 1.165) is 30.9 Å². The van der Waals surface area contributed by atoms with Crippen LogP contribution in [0, 0.1) is 0 Å². The molecule has 0 spiro atoms. The molecule has 4 nitrogen and oxygen atoms in total. The van der Waals surface area contributed by atoms with E-state index in [1.807, 2.05) is 12.4 Å². The molecule has 1 aliphatic heterocycles. The van der Waals surface area contributed by atoms with Gasteiger partial charge >= 0.3 is 0 Å². The minimum absolute atomic E-state index is 0.863. The first-order chi connectivity index (χ1) is 16.3. The zero-order valence-corrected chi connectivity index (χ0v) is 19.2. The van der Waals surface area contributed by atoms with Crippen molar-refractivity contribution in [2.24, 2.45) is 0 Å². The van der Waals surface area contributed by atoms with E-state index < -0.39 is 0 Å². The minimum Gasteiger partial charge on any atom is -0.331 e. The highest BCUT2D eigenvalue weighted by Crippen LogP contribution is 2.25. The second-order valence-electron chi connectivity index (χ2n) is 8.98. The molecule has 2 aromatic carbocycles. The number of hydrogen-bond acceptors (Lipinski definition) is 3. The van der Waals surface area contributed by atoms with Crippen LogP contribution in [0.5, 0.6) is 0 Å². The molecule has 1 saturated heterocycles. The van der Waals surface area contributed by atoms with Crippen molar-refractivity contribution in [2.75, 3.05) is 19.6 Å². The average Bonchev–Trinajstić information content (AvgIpc) is 3.28. The molecule has 5 rings (SSSR count). The van der Waals surface area contributed by atoms with Crippen molar-refractivity contribution in [3.8, 4) is 22.5 Å². The molecule has 1 fully saturated rings. The van der Waals surface area contributed by atoms with Crippen LogP contribution in [0.2, 0.25) is 0 Å². The Morgan fingerprint density at radius 1 is 0.697 bits per heavy atom. The Labute approximate surface area is 196 Å². The topological polar surface area (TPSA) is 34.0 Å². The van der Waals surface area contributed by atoms with Crippen molar-refractivity contribution >= 4 is 0 Å². The summed E-state index contributed by atoms with van der Waals surface area (Å²) in [6.45, 7) is 4.69. The van der Waals surface area contributed by atoms with Crippen LogP contribution >= 0.6 is 0 Å². The zero-order valence-electron chi connectivity index (χ0n) is 19.2. The lowest BCUT2D eigenvalue weighted by Crippen LogP contribution is -2.31. The smallest absolute Gasteiger partial charge is 0.140 e. The molecule has 0 amide bonds. The van der Waals surface area contributed by atoms with E-state index in [1.54, 1.807) is 0 Å². The number of likely N-dealkylation sites (tertiary alicyclic amines) is 1. The van der Waals surface area contributed by atoms with Crippen molar-refractivity contribution in [3.63, 3.8) is 0 Å². The van der Waals surface area contributed by atoms with Crippen LogP contribution in [0.1, 0.15) is 36.9 Å². The summed E-state index contributed by atoms with van der Waals surface area (Å²) in [4.78, 5) is 11.8. The molecule has 168 valence electrons. The number of aryl methyl sites for hydroxylation is 1. The van der Waals surface area contributed by atoms with Crippen molar-refractivity contribution in [2.45, 2.75) is 38.6 Å². The maximum atomic E-state index is 5.08. The number of imidazole rings is 1. The van der Waals surface area contributed by atoms with Gasteiger partial charge in [-0.2, -0.15) is 0 Å². The molecule has 0 saturated carbocycles. The Balaban J connectivity index is 1.36. The normalized spacial score (nSPS) is 14.4. The standard InChI is InChI=1S/C29H32N4/c1-3-8-24(9-4-1)22-28-23-33(21-7-20-32-18-5-2-6-19-32)29(31-28)27-12-10-25(11-13-27)26-14-16-30-17-15-26/h1,3-4,8-17,23H,2,5-7,18-22H2. The molecule has 2 aromatic heterocycles. The average molecular weight is 437 g/mol. The van der Waals surface area contributed by atoms with E-state index in [2.05, 4.69) is 87.4 Å². The third kappa shape index (κ3) is 5.58. The van der Waals surface area contributed by atoms with Crippen LogP contribution in [0.15, 0.2) is 85.3 Å². The summed E-state index contributed by atoms with van der Waals surface area (Å²) < 4.78 is 2.36. The summed E-state index contributed by atoms with van der Waals surface area (Å²) in [6, 6.07) is 23.5. The number of nitrogens with zero attached hydrogens (tertiary/aromatic N) is 4.